The Bertz CT molecular complexity index is 320. The van der Waals surface area contributed by atoms with Crippen molar-refractivity contribution in [3.63, 3.8) is 0 Å². The summed E-state index contributed by atoms with van der Waals surface area (Å²) in [6.07, 6.45) is 7.06. The molecule has 1 nitrogen and oxygen atoms in total. The number of aromatic nitrogens is 1. The van der Waals surface area contributed by atoms with Gasteiger partial charge in [0.2, 0.25) is 0 Å². The number of rotatable bonds is 2. The van der Waals surface area contributed by atoms with E-state index in [0.717, 1.165) is 5.69 Å². The molecule has 0 saturated carbocycles. The van der Waals surface area contributed by atoms with Crippen LogP contribution >= 0.6 is 0 Å². The molecule has 0 saturated heterocycles. The molecule has 0 amide bonds. The maximum Gasteiger partial charge on any atom is 0.113 e. The van der Waals surface area contributed by atoms with Crippen LogP contribution in [-0.2, 0) is 0 Å². The van der Waals surface area contributed by atoms with Crippen molar-refractivity contribution < 1.29 is 0 Å². The lowest BCUT2D eigenvalue weighted by Crippen LogP contribution is -2.02. The van der Waals surface area contributed by atoms with Crippen molar-refractivity contribution in [3.8, 4) is 12.3 Å². The Morgan fingerprint density at radius 3 is 2.62 bits per heavy atom. The van der Waals surface area contributed by atoms with Gasteiger partial charge in [0.15, 0.2) is 0 Å². The van der Waals surface area contributed by atoms with Gasteiger partial charge >= 0.3 is 0 Å². The van der Waals surface area contributed by atoms with E-state index in [1.807, 2.05) is 12.1 Å². The molecular formula is C12H15N. The summed E-state index contributed by atoms with van der Waals surface area (Å²) < 4.78 is 0. The van der Waals surface area contributed by atoms with Crippen LogP contribution in [0.4, 0.5) is 0 Å². The average molecular weight is 173 g/mol. The molecular weight excluding hydrogens is 158 g/mol. The van der Waals surface area contributed by atoms with E-state index in [-0.39, 0.29) is 0 Å². The Kier molecular flexibility index (Phi) is 3.08. The third kappa shape index (κ3) is 2.32. The molecule has 1 aromatic heterocycles. The van der Waals surface area contributed by atoms with Gasteiger partial charge in [-0.15, -0.1) is 6.42 Å². The van der Waals surface area contributed by atoms with E-state index in [1.54, 1.807) is 6.20 Å². The Morgan fingerprint density at radius 2 is 2.08 bits per heavy atom. The maximum absolute atomic E-state index is 5.28. The zero-order valence-electron chi connectivity index (χ0n) is 8.41. The van der Waals surface area contributed by atoms with E-state index in [0.29, 0.717) is 11.8 Å². The monoisotopic (exact) mass is 173 g/mol. The van der Waals surface area contributed by atoms with Gasteiger partial charge in [-0.1, -0.05) is 26.7 Å². The van der Waals surface area contributed by atoms with E-state index in [1.165, 1.54) is 5.56 Å². The minimum absolute atomic E-state index is 0.537. The topological polar surface area (TPSA) is 12.9 Å². The summed E-state index contributed by atoms with van der Waals surface area (Å²) in [5.74, 6) is 3.72. The Hall–Kier alpha value is -1.29. The first kappa shape index (κ1) is 9.80. The second-order valence-electron chi connectivity index (χ2n) is 3.65. The van der Waals surface area contributed by atoms with Crippen LogP contribution in [0.25, 0.3) is 0 Å². The minimum Gasteiger partial charge on any atom is -0.248 e. The first-order valence-electron chi connectivity index (χ1n) is 4.57. The third-order valence-electron chi connectivity index (χ3n) is 2.46. The number of hydrogen-bond donors (Lipinski definition) is 0. The van der Waals surface area contributed by atoms with Gasteiger partial charge in [0.25, 0.3) is 0 Å². The van der Waals surface area contributed by atoms with E-state index in [9.17, 15) is 0 Å². The summed E-state index contributed by atoms with van der Waals surface area (Å²) in [5.41, 5.74) is 2.00. The fraction of sp³-hybridized carbons (Fsp3) is 0.417. The Morgan fingerprint density at radius 1 is 1.38 bits per heavy atom. The molecule has 68 valence electrons. The van der Waals surface area contributed by atoms with Gasteiger partial charge in [0, 0.05) is 6.20 Å². The number of pyridine rings is 1. The number of terminal acetylenes is 1. The Balaban J connectivity index is 2.96. The number of nitrogens with zero attached hydrogens (tertiary/aromatic N) is 1. The van der Waals surface area contributed by atoms with Crippen LogP contribution in [0.15, 0.2) is 18.3 Å². The van der Waals surface area contributed by atoms with Gasteiger partial charge in [-0.25, -0.2) is 4.98 Å². The predicted octanol–water partition coefficient (Wildman–Crippen LogP) is 2.82. The van der Waals surface area contributed by atoms with E-state index < -0.39 is 0 Å². The molecule has 1 heterocycles. The predicted molar refractivity (Wildman–Crippen MR) is 55.4 cm³/mol. The molecule has 0 aliphatic heterocycles. The van der Waals surface area contributed by atoms with Gasteiger partial charge in [0.05, 0.1) is 0 Å². The highest BCUT2D eigenvalue weighted by Gasteiger charge is 2.09. The maximum atomic E-state index is 5.28. The van der Waals surface area contributed by atoms with Gasteiger partial charge < -0.3 is 0 Å². The van der Waals surface area contributed by atoms with Crippen molar-refractivity contribution in [3.05, 3.63) is 29.6 Å². The molecule has 1 rings (SSSR count). The van der Waals surface area contributed by atoms with Gasteiger partial charge in [-0.05, 0) is 29.5 Å². The first-order chi connectivity index (χ1) is 6.15. The van der Waals surface area contributed by atoms with Crippen LogP contribution in [0.5, 0.6) is 0 Å². The van der Waals surface area contributed by atoms with Crippen LogP contribution < -0.4 is 0 Å². The highest BCUT2D eigenvalue weighted by Crippen LogP contribution is 2.23. The van der Waals surface area contributed by atoms with Crippen molar-refractivity contribution in [2.75, 3.05) is 0 Å². The zero-order valence-corrected chi connectivity index (χ0v) is 8.41. The second-order valence-corrected chi connectivity index (χ2v) is 3.65. The summed E-state index contributed by atoms with van der Waals surface area (Å²) in [6, 6.07) is 4.02. The van der Waals surface area contributed by atoms with Gasteiger partial charge in [0.1, 0.15) is 5.69 Å². The van der Waals surface area contributed by atoms with Crippen LogP contribution in [0, 0.1) is 18.3 Å². The van der Waals surface area contributed by atoms with Crippen molar-refractivity contribution >= 4 is 0 Å². The molecule has 0 aliphatic carbocycles. The minimum atomic E-state index is 0.537. The molecule has 0 spiro atoms. The van der Waals surface area contributed by atoms with E-state index in [4.69, 9.17) is 6.42 Å². The molecule has 1 aromatic rings. The standard InChI is InChI=1S/C12H15N/c1-5-12-8-11(6-7-13-12)10(4)9(2)3/h1,6-10H,2-4H3. The van der Waals surface area contributed by atoms with Crippen molar-refractivity contribution in [2.24, 2.45) is 5.92 Å². The SMILES string of the molecule is C#Cc1cc(C(C)C(C)C)ccn1. The molecule has 13 heavy (non-hydrogen) atoms. The smallest absolute Gasteiger partial charge is 0.113 e. The van der Waals surface area contributed by atoms with Gasteiger partial charge in [-0.3, -0.25) is 0 Å². The number of hydrogen-bond acceptors (Lipinski definition) is 1. The molecule has 0 fully saturated rings. The highest BCUT2D eigenvalue weighted by molar-refractivity contribution is 5.30. The fourth-order valence-electron chi connectivity index (χ4n) is 1.19. The summed E-state index contributed by atoms with van der Waals surface area (Å²) in [6.45, 7) is 6.63. The second kappa shape index (κ2) is 4.09. The molecule has 0 bridgehead atoms. The molecule has 0 aliphatic rings. The molecule has 0 radical (unpaired) electrons. The average Bonchev–Trinajstić information content (AvgIpc) is 2.16. The van der Waals surface area contributed by atoms with Crippen molar-refractivity contribution in [1.29, 1.82) is 0 Å². The van der Waals surface area contributed by atoms with Crippen LogP contribution in [0.3, 0.4) is 0 Å². The molecule has 1 atom stereocenters. The van der Waals surface area contributed by atoms with Crippen LogP contribution in [-0.4, -0.2) is 4.98 Å². The van der Waals surface area contributed by atoms with Crippen LogP contribution in [0.1, 0.15) is 37.9 Å². The summed E-state index contributed by atoms with van der Waals surface area (Å²) >= 11 is 0. The molecule has 1 heteroatoms. The molecule has 0 N–H and O–H groups in total. The van der Waals surface area contributed by atoms with E-state index in [2.05, 4.69) is 31.7 Å². The lowest BCUT2D eigenvalue weighted by molar-refractivity contribution is 0.534. The summed E-state index contributed by atoms with van der Waals surface area (Å²) in [7, 11) is 0. The van der Waals surface area contributed by atoms with Crippen molar-refractivity contribution in [1.82, 2.24) is 4.98 Å². The normalized spacial score (nSPS) is 12.5. The Labute approximate surface area is 80.2 Å². The molecule has 0 aromatic carbocycles. The summed E-state index contributed by atoms with van der Waals surface area (Å²) in [4.78, 5) is 4.06. The zero-order chi connectivity index (χ0) is 9.84. The van der Waals surface area contributed by atoms with E-state index >= 15 is 0 Å². The van der Waals surface area contributed by atoms with Crippen LogP contribution in [0.2, 0.25) is 0 Å². The fourth-order valence-corrected chi connectivity index (χ4v) is 1.19. The lowest BCUT2D eigenvalue weighted by atomic mass is 9.91. The quantitative estimate of drug-likeness (QED) is 0.627. The first-order valence-corrected chi connectivity index (χ1v) is 4.57. The van der Waals surface area contributed by atoms with Gasteiger partial charge in [-0.2, -0.15) is 0 Å². The largest absolute Gasteiger partial charge is 0.248 e. The molecule has 1 unspecified atom stereocenters. The van der Waals surface area contributed by atoms with Crippen molar-refractivity contribution in [2.45, 2.75) is 26.7 Å². The highest BCUT2D eigenvalue weighted by atomic mass is 14.6. The lowest BCUT2D eigenvalue weighted by Gasteiger charge is -2.15. The summed E-state index contributed by atoms with van der Waals surface area (Å²) in [5, 5.41) is 0. The third-order valence-corrected chi connectivity index (χ3v) is 2.46.